The van der Waals surface area contributed by atoms with E-state index < -0.39 is 0 Å². The van der Waals surface area contributed by atoms with E-state index >= 15 is 0 Å². The van der Waals surface area contributed by atoms with E-state index in [-0.39, 0.29) is 24.8 Å². The quantitative estimate of drug-likeness (QED) is 0.459. The number of nitrogens with zero attached hydrogens (tertiary/aromatic N) is 1. The van der Waals surface area contributed by atoms with Crippen molar-refractivity contribution in [3.8, 4) is 0 Å². The van der Waals surface area contributed by atoms with Gasteiger partial charge in [-0.2, -0.15) is 0 Å². The molecular formula is C21H19BrN2O2S2. The van der Waals surface area contributed by atoms with E-state index in [2.05, 4.69) is 40.3 Å². The third-order valence-corrected chi connectivity index (χ3v) is 6.10. The molecule has 2 amide bonds. The zero-order valence-corrected chi connectivity index (χ0v) is 18.5. The average Bonchev–Trinajstić information content (AvgIpc) is 2.93. The van der Waals surface area contributed by atoms with E-state index in [1.807, 2.05) is 42.5 Å². The summed E-state index contributed by atoms with van der Waals surface area (Å²) in [5, 5.41) is 2.83. The highest BCUT2D eigenvalue weighted by Gasteiger charge is 2.32. The number of aryl methyl sites for hydroxylation is 1. The van der Waals surface area contributed by atoms with Crippen LogP contribution in [-0.2, 0) is 16.0 Å². The highest BCUT2D eigenvalue weighted by molar-refractivity contribution is 9.10. The Morgan fingerprint density at radius 1 is 1.25 bits per heavy atom. The molecule has 0 spiro atoms. The Balaban J connectivity index is 1.60. The Labute approximate surface area is 182 Å². The Morgan fingerprint density at radius 2 is 2.00 bits per heavy atom. The van der Waals surface area contributed by atoms with Gasteiger partial charge in [0.2, 0.25) is 5.91 Å². The van der Waals surface area contributed by atoms with Crippen LogP contribution in [0.2, 0.25) is 0 Å². The standard InChI is InChI=1S/C21H19BrN2O2S2/c1-2-14-6-8-15(9-7-14)12-18-20(26)24(21(27)28-18)11-10-19(25)23-17-5-3-4-16(22)13-17/h3-9,12-13H,2,10-11H2,1H3,(H,23,25)/b18-12-. The highest BCUT2D eigenvalue weighted by atomic mass is 79.9. The molecule has 1 fully saturated rings. The normalized spacial score (nSPS) is 15.4. The number of amides is 2. The molecule has 0 aliphatic carbocycles. The fourth-order valence-corrected chi connectivity index (χ4v) is 4.40. The minimum absolute atomic E-state index is 0.148. The van der Waals surface area contributed by atoms with Gasteiger partial charge in [-0.1, -0.05) is 77.2 Å². The van der Waals surface area contributed by atoms with Crippen molar-refractivity contribution in [2.75, 3.05) is 11.9 Å². The molecule has 0 unspecified atom stereocenters. The molecule has 0 aromatic heterocycles. The maximum absolute atomic E-state index is 12.7. The van der Waals surface area contributed by atoms with Crippen molar-refractivity contribution < 1.29 is 9.59 Å². The van der Waals surface area contributed by atoms with Gasteiger partial charge in [0.05, 0.1) is 4.91 Å². The van der Waals surface area contributed by atoms with Crippen molar-refractivity contribution in [2.24, 2.45) is 0 Å². The van der Waals surface area contributed by atoms with Crippen molar-refractivity contribution in [1.82, 2.24) is 4.90 Å². The summed E-state index contributed by atoms with van der Waals surface area (Å²) in [6, 6.07) is 15.5. The molecule has 2 aromatic rings. The zero-order valence-electron chi connectivity index (χ0n) is 15.3. The molecular weight excluding hydrogens is 456 g/mol. The monoisotopic (exact) mass is 474 g/mol. The maximum Gasteiger partial charge on any atom is 0.266 e. The summed E-state index contributed by atoms with van der Waals surface area (Å²) in [5.74, 6) is -0.309. The fraction of sp³-hybridized carbons (Fsp3) is 0.190. The second kappa shape index (κ2) is 9.49. The van der Waals surface area contributed by atoms with Crippen LogP contribution in [0.15, 0.2) is 57.9 Å². The van der Waals surface area contributed by atoms with Gasteiger partial charge >= 0.3 is 0 Å². The molecule has 0 atom stereocenters. The summed E-state index contributed by atoms with van der Waals surface area (Å²) < 4.78 is 1.37. The third-order valence-electron chi connectivity index (χ3n) is 4.23. The van der Waals surface area contributed by atoms with E-state index in [0.29, 0.717) is 14.9 Å². The Bertz CT molecular complexity index is 942. The molecule has 1 saturated heterocycles. The van der Waals surface area contributed by atoms with E-state index in [4.69, 9.17) is 12.2 Å². The number of anilines is 1. The molecule has 1 heterocycles. The summed E-state index contributed by atoms with van der Waals surface area (Å²) in [6.45, 7) is 2.36. The van der Waals surface area contributed by atoms with Gasteiger partial charge in [0.25, 0.3) is 5.91 Å². The lowest BCUT2D eigenvalue weighted by molar-refractivity contribution is -0.122. The number of halogens is 1. The SMILES string of the molecule is CCc1ccc(/C=C2\SC(=S)N(CCC(=O)Nc3cccc(Br)c3)C2=O)cc1. The molecule has 7 heteroatoms. The van der Waals surface area contributed by atoms with Crippen LogP contribution >= 0.6 is 39.9 Å². The summed E-state index contributed by atoms with van der Waals surface area (Å²) in [5.41, 5.74) is 2.92. The smallest absolute Gasteiger partial charge is 0.266 e. The van der Waals surface area contributed by atoms with Crippen molar-refractivity contribution in [3.05, 3.63) is 69.0 Å². The first-order chi connectivity index (χ1) is 13.5. The minimum Gasteiger partial charge on any atom is -0.326 e. The topological polar surface area (TPSA) is 49.4 Å². The number of rotatable bonds is 6. The van der Waals surface area contributed by atoms with Gasteiger partial charge in [0, 0.05) is 23.1 Å². The third kappa shape index (κ3) is 5.31. The van der Waals surface area contributed by atoms with Gasteiger partial charge in [0.15, 0.2) is 0 Å². The summed E-state index contributed by atoms with van der Waals surface area (Å²) in [4.78, 5) is 26.9. The molecule has 144 valence electrons. The number of benzene rings is 2. The van der Waals surface area contributed by atoms with E-state index in [9.17, 15) is 9.59 Å². The molecule has 3 rings (SSSR count). The second-order valence-corrected chi connectivity index (χ2v) is 8.83. The number of carbonyl (C=O) groups excluding carboxylic acids is 2. The first kappa shape index (κ1) is 20.8. The van der Waals surface area contributed by atoms with Gasteiger partial charge < -0.3 is 5.32 Å². The molecule has 4 nitrogen and oxygen atoms in total. The molecule has 1 N–H and O–H groups in total. The van der Waals surface area contributed by atoms with E-state index in [1.165, 1.54) is 22.2 Å². The molecule has 1 aliphatic heterocycles. The molecule has 0 bridgehead atoms. The van der Waals surface area contributed by atoms with Crippen LogP contribution in [0.4, 0.5) is 5.69 Å². The summed E-state index contributed by atoms with van der Waals surface area (Å²) in [7, 11) is 0. The predicted octanol–water partition coefficient (Wildman–Crippen LogP) is 5.24. The Hall–Kier alpha value is -1.96. The van der Waals surface area contributed by atoms with Gasteiger partial charge in [-0.05, 0) is 41.8 Å². The van der Waals surface area contributed by atoms with Gasteiger partial charge in [0.1, 0.15) is 4.32 Å². The Kier molecular flexibility index (Phi) is 7.04. The van der Waals surface area contributed by atoms with Gasteiger partial charge in [-0.25, -0.2) is 0 Å². The number of hydrogen-bond acceptors (Lipinski definition) is 4. The van der Waals surface area contributed by atoms with Crippen LogP contribution in [0.1, 0.15) is 24.5 Å². The number of thioether (sulfide) groups is 1. The average molecular weight is 475 g/mol. The van der Waals surface area contributed by atoms with Crippen LogP contribution in [0.3, 0.4) is 0 Å². The van der Waals surface area contributed by atoms with Crippen molar-refractivity contribution in [2.45, 2.75) is 19.8 Å². The molecule has 0 radical (unpaired) electrons. The van der Waals surface area contributed by atoms with Crippen molar-refractivity contribution in [3.63, 3.8) is 0 Å². The Morgan fingerprint density at radius 3 is 2.68 bits per heavy atom. The van der Waals surface area contributed by atoms with E-state index in [1.54, 1.807) is 0 Å². The lowest BCUT2D eigenvalue weighted by Gasteiger charge is -2.14. The first-order valence-electron chi connectivity index (χ1n) is 8.86. The predicted molar refractivity (Wildman–Crippen MR) is 123 cm³/mol. The number of nitrogens with one attached hydrogen (secondary N) is 1. The van der Waals surface area contributed by atoms with Crippen molar-refractivity contribution in [1.29, 1.82) is 0 Å². The number of hydrogen-bond donors (Lipinski definition) is 1. The van der Waals surface area contributed by atoms with E-state index in [0.717, 1.165) is 16.5 Å². The fourth-order valence-electron chi connectivity index (χ4n) is 2.70. The summed E-state index contributed by atoms with van der Waals surface area (Å²) >= 11 is 9.99. The molecule has 28 heavy (non-hydrogen) atoms. The first-order valence-corrected chi connectivity index (χ1v) is 10.9. The molecule has 2 aromatic carbocycles. The summed E-state index contributed by atoms with van der Waals surface area (Å²) in [6.07, 6.45) is 3.00. The zero-order chi connectivity index (χ0) is 20.1. The minimum atomic E-state index is -0.161. The number of thiocarbonyl (C=S) groups is 1. The maximum atomic E-state index is 12.7. The van der Waals surface area contributed by atoms with Crippen LogP contribution in [0, 0.1) is 0 Å². The lowest BCUT2D eigenvalue weighted by atomic mass is 10.1. The number of carbonyl (C=O) groups is 2. The van der Waals surface area contributed by atoms with Gasteiger partial charge in [-0.15, -0.1) is 0 Å². The largest absolute Gasteiger partial charge is 0.326 e. The van der Waals surface area contributed by atoms with Crippen molar-refractivity contribution >= 4 is 67.8 Å². The van der Waals surface area contributed by atoms with Crippen LogP contribution in [-0.4, -0.2) is 27.6 Å². The lowest BCUT2D eigenvalue weighted by Crippen LogP contribution is -2.31. The molecule has 0 saturated carbocycles. The van der Waals surface area contributed by atoms with Gasteiger partial charge in [-0.3, -0.25) is 14.5 Å². The van der Waals surface area contributed by atoms with Crippen LogP contribution in [0.25, 0.3) is 6.08 Å². The highest BCUT2D eigenvalue weighted by Crippen LogP contribution is 2.32. The second-order valence-electron chi connectivity index (χ2n) is 6.24. The van der Waals surface area contributed by atoms with Crippen LogP contribution in [0.5, 0.6) is 0 Å². The molecule has 1 aliphatic rings. The van der Waals surface area contributed by atoms with Crippen LogP contribution < -0.4 is 5.32 Å².